The molecule has 1 aromatic rings. The largest absolute Gasteiger partial charge is 0.327 e. The van der Waals surface area contributed by atoms with Gasteiger partial charge in [0.25, 0.3) is 0 Å². The van der Waals surface area contributed by atoms with Crippen LogP contribution in [0.3, 0.4) is 0 Å². The minimum absolute atomic E-state index is 0.302. The van der Waals surface area contributed by atoms with Crippen molar-refractivity contribution < 1.29 is 0 Å². The molecule has 1 aliphatic rings. The lowest BCUT2D eigenvalue weighted by Crippen LogP contribution is -2.44. The standard InChI is InChI=1S/C19H32N2/c1-19(2,3)17-11-13-21(14-12-17)15-18(20)10-9-16-7-5-4-6-8-16/h4-8,17-18H,9-15,20H2,1-3H3. The summed E-state index contributed by atoms with van der Waals surface area (Å²) in [5, 5.41) is 0. The molecule has 1 fully saturated rings. The third kappa shape index (κ3) is 5.44. The van der Waals surface area contributed by atoms with Crippen LogP contribution < -0.4 is 5.73 Å². The molecule has 0 amide bonds. The Morgan fingerprint density at radius 3 is 2.33 bits per heavy atom. The van der Waals surface area contributed by atoms with E-state index in [-0.39, 0.29) is 0 Å². The molecular formula is C19H32N2. The lowest BCUT2D eigenvalue weighted by molar-refractivity contribution is 0.107. The Morgan fingerprint density at radius 1 is 1.14 bits per heavy atom. The lowest BCUT2D eigenvalue weighted by Gasteiger charge is -2.39. The minimum Gasteiger partial charge on any atom is -0.327 e. The summed E-state index contributed by atoms with van der Waals surface area (Å²) in [7, 11) is 0. The van der Waals surface area contributed by atoms with Gasteiger partial charge in [0.05, 0.1) is 0 Å². The van der Waals surface area contributed by atoms with Crippen molar-refractivity contribution in [1.82, 2.24) is 4.90 Å². The first-order valence-corrected chi connectivity index (χ1v) is 8.47. The Bertz CT molecular complexity index is 399. The van der Waals surface area contributed by atoms with Gasteiger partial charge in [0.2, 0.25) is 0 Å². The number of benzene rings is 1. The van der Waals surface area contributed by atoms with Crippen LogP contribution in [0.5, 0.6) is 0 Å². The van der Waals surface area contributed by atoms with Gasteiger partial charge in [-0.05, 0) is 55.7 Å². The molecule has 1 saturated heterocycles. The summed E-state index contributed by atoms with van der Waals surface area (Å²) in [6, 6.07) is 11.0. The zero-order valence-electron chi connectivity index (χ0n) is 14.0. The van der Waals surface area contributed by atoms with E-state index < -0.39 is 0 Å². The first kappa shape index (κ1) is 16.5. The van der Waals surface area contributed by atoms with Gasteiger partial charge in [0, 0.05) is 12.6 Å². The number of hydrogen-bond donors (Lipinski definition) is 1. The number of hydrogen-bond acceptors (Lipinski definition) is 2. The van der Waals surface area contributed by atoms with Crippen molar-refractivity contribution >= 4 is 0 Å². The molecule has 0 saturated carbocycles. The normalized spacial score (nSPS) is 19.6. The van der Waals surface area contributed by atoms with Gasteiger partial charge in [-0.15, -0.1) is 0 Å². The minimum atomic E-state index is 0.302. The summed E-state index contributed by atoms with van der Waals surface area (Å²) < 4.78 is 0. The van der Waals surface area contributed by atoms with E-state index in [4.69, 9.17) is 5.73 Å². The molecule has 0 radical (unpaired) electrons. The second-order valence-electron chi connectivity index (χ2n) is 7.73. The number of aryl methyl sites for hydroxylation is 1. The third-order valence-electron chi connectivity index (χ3n) is 4.95. The fourth-order valence-corrected chi connectivity index (χ4v) is 3.40. The van der Waals surface area contributed by atoms with E-state index in [0.717, 1.165) is 25.3 Å². The molecule has 0 aromatic heterocycles. The molecule has 0 aliphatic carbocycles. The predicted molar refractivity (Wildman–Crippen MR) is 91.4 cm³/mol. The van der Waals surface area contributed by atoms with Gasteiger partial charge >= 0.3 is 0 Å². The molecule has 0 spiro atoms. The predicted octanol–water partition coefficient (Wildman–Crippen LogP) is 3.70. The fraction of sp³-hybridized carbons (Fsp3) is 0.684. The molecule has 21 heavy (non-hydrogen) atoms. The van der Waals surface area contributed by atoms with Crippen LogP contribution in [-0.4, -0.2) is 30.6 Å². The lowest BCUT2D eigenvalue weighted by atomic mass is 9.75. The van der Waals surface area contributed by atoms with E-state index in [1.165, 1.54) is 31.5 Å². The second-order valence-corrected chi connectivity index (χ2v) is 7.73. The van der Waals surface area contributed by atoms with Crippen LogP contribution in [0.1, 0.15) is 45.6 Å². The molecule has 1 heterocycles. The van der Waals surface area contributed by atoms with Gasteiger partial charge in [-0.25, -0.2) is 0 Å². The monoisotopic (exact) mass is 288 g/mol. The van der Waals surface area contributed by atoms with Crippen molar-refractivity contribution in [3.05, 3.63) is 35.9 Å². The van der Waals surface area contributed by atoms with Crippen LogP contribution in [0.4, 0.5) is 0 Å². The Hall–Kier alpha value is -0.860. The molecule has 118 valence electrons. The average Bonchev–Trinajstić information content (AvgIpc) is 2.46. The number of piperidine rings is 1. The first-order valence-electron chi connectivity index (χ1n) is 8.47. The maximum absolute atomic E-state index is 6.33. The van der Waals surface area contributed by atoms with Crippen molar-refractivity contribution in [1.29, 1.82) is 0 Å². The molecule has 2 heteroatoms. The van der Waals surface area contributed by atoms with Gasteiger partial charge in [0.1, 0.15) is 0 Å². The van der Waals surface area contributed by atoms with Gasteiger partial charge in [-0.1, -0.05) is 51.1 Å². The van der Waals surface area contributed by atoms with Gasteiger partial charge in [-0.2, -0.15) is 0 Å². The van der Waals surface area contributed by atoms with E-state index in [0.29, 0.717) is 11.5 Å². The van der Waals surface area contributed by atoms with Crippen LogP contribution in [0, 0.1) is 11.3 Å². The topological polar surface area (TPSA) is 29.3 Å². The van der Waals surface area contributed by atoms with Gasteiger partial charge < -0.3 is 10.6 Å². The highest BCUT2D eigenvalue weighted by molar-refractivity contribution is 5.14. The van der Waals surface area contributed by atoms with Crippen LogP contribution in [-0.2, 0) is 6.42 Å². The quantitative estimate of drug-likeness (QED) is 0.895. The van der Waals surface area contributed by atoms with E-state index in [9.17, 15) is 0 Å². The van der Waals surface area contributed by atoms with Crippen molar-refractivity contribution in [3.63, 3.8) is 0 Å². The van der Waals surface area contributed by atoms with Gasteiger partial charge in [0.15, 0.2) is 0 Å². The van der Waals surface area contributed by atoms with Crippen LogP contribution in [0.15, 0.2) is 30.3 Å². The highest BCUT2D eigenvalue weighted by Gasteiger charge is 2.28. The molecule has 2 nitrogen and oxygen atoms in total. The Kier molecular flexibility index (Phi) is 5.83. The summed E-state index contributed by atoms with van der Waals surface area (Å²) in [6.45, 7) is 10.6. The molecule has 2 rings (SSSR count). The fourth-order valence-electron chi connectivity index (χ4n) is 3.40. The van der Waals surface area contributed by atoms with Crippen LogP contribution in [0.25, 0.3) is 0 Å². The molecule has 2 N–H and O–H groups in total. The average molecular weight is 288 g/mol. The molecule has 1 aliphatic heterocycles. The summed E-state index contributed by atoms with van der Waals surface area (Å²) in [6.07, 6.45) is 4.84. The molecular weight excluding hydrogens is 256 g/mol. The van der Waals surface area contributed by atoms with E-state index >= 15 is 0 Å². The van der Waals surface area contributed by atoms with Crippen LogP contribution in [0.2, 0.25) is 0 Å². The number of nitrogens with two attached hydrogens (primary N) is 1. The zero-order chi connectivity index (χ0) is 15.3. The number of nitrogens with zero attached hydrogens (tertiary/aromatic N) is 1. The van der Waals surface area contributed by atoms with Crippen LogP contribution >= 0.6 is 0 Å². The highest BCUT2D eigenvalue weighted by atomic mass is 15.1. The summed E-state index contributed by atoms with van der Waals surface area (Å²) in [5.41, 5.74) is 8.19. The molecule has 1 unspecified atom stereocenters. The van der Waals surface area contributed by atoms with Gasteiger partial charge in [-0.3, -0.25) is 0 Å². The zero-order valence-corrected chi connectivity index (χ0v) is 14.0. The number of likely N-dealkylation sites (tertiary alicyclic amines) is 1. The van der Waals surface area contributed by atoms with E-state index in [1.54, 1.807) is 0 Å². The maximum atomic E-state index is 6.33. The second kappa shape index (κ2) is 7.42. The Balaban J connectivity index is 1.68. The summed E-state index contributed by atoms with van der Waals surface area (Å²) in [5.74, 6) is 0.870. The highest BCUT2D eigenvalue weighted by Crippen LogP contribution is 2.34. The summed E-state index contributed by atoms with van der Waals surface area (Å²) in [4.78, 5) is 2.57. The number of rotatable bonds is 5. The molecule has 1 atom stereocenters. The third-order valence-corrected chi connectivity index (χ3v) is 4.95. The van der Waals surface area contributed by atoms with Crippen molar-refractivity contribution in [3.8, 4) is 0 Å². The smallest absolute Gasteiger partial charge is 0.0170 e. The Morgan fingerprint density at radius 2 is 1.76 bits per heavy atom. The SMILES string of the molecule is CC(C)(C)C1CCN(CC(N)CCc2ccccc2)CC1. The molecule has 0 bridgehead atoms. The van der Waals surface area contributed by atoms with Crippen molar-refractivity contribution in [2.75, 3.05) is 19.6 Å². The van der Waals surface area contributed by atoms with E-state index in [2.05, 4.69) is 56.0 Å². The maximum Gasteiger partial charge on any atom is 0.0170 e. The van der Waals surface area contributed by atoms with Crippen molar-refractivity contribution in [2.45, 2.75) is 52.5 Å². The first-order chi connectivity index (χ1) is 9.95. The van der Waals surface area contributed by atoms with E-state index in [1.807, 2.05) is 0 Å². The Labute approximate surface area is 130 Å². The summed E-state index contributed by atoms with van der Waals surface area (Å²) >= 11 is 0. The molecule has 1 aromatic carbocycles. The van der Waals surface area contributed by atoms with Crippen molar-refractivity contribution in [2.24, 2.45) is 17.1 Å².